The monoisotopic (exact) mass is 317 g/mol. The molecule has 4 nitrogen and oxygen atoms in total. The highest BCUT2D eigenvalue weighted by atomic mass is 127. The summed E-state index contributed by atoms with van der Waals surface area (Å²) in [6, 6.07) is 3.53. The Bertz CT molecular complexity index is 336. The number of nitrogens with zero attached hydrogens (tertiary/aromatic N) is 3. The van der Waals surface area contributed by atoms with Gasteiger partial charge in [0.1, 0.15) is 0 Å². The fourth-order valence-electron chi connectivity index (χ4n) is 1.56. The van der Waals surface area contributed by atoms with Crippen molar-refractivity contribution in [1.82, 2.24) is 13.0 Å². The van der Waals surface area contributed by atoms with Crippen LogP contribution in [0.15, 0.2) is 24.5 Å². The van der Waals surface area contributed by atoms with Gasteiger partial charge in [0, 0.05) is 67.0 Å². The molecule has 15 heavy (non-hydrogen) atoms. The maximum atomic E-state index is 12.0. The molecule has 80 valence electrons. The van der Waals surface area contributed by atoms with E-state index in [2.05, 4.69) is 31.0 Å². The molecule has 2 rings (SSSR count). The van der Waals surface area contributed by atoms with Crippen molar-refractivity contribution in [1.29, 1.82) is 0 Å². The number of rotatable bonds is 1. The van der Waals surface area contributed by atoms with Crippen LogP contribution >= 0.6 is 22.9 Å². The molecule has 0 atom stereocenters. The molecule has 0 saturated carbocycles. The predicted molar refractivity (Wildman–Crippen MR) is 65.7 cm³/mol. The van der Waals surface area contributed by atoms with Gasteiger partial charge in [0.05, 0.1) is 0 Å². The topological polar surface area (TPSA) is 36.4 Å². The van der Waals surface area contributed by atoms with Crippen molar-refractivity contribution in [3.05, 3.63) is 30.1 Å². The van der Waals surface area contributed by atoms with E-state index >= 15 is 0 Å². The Kier molecular flexibility index (Phi) is 3.53. The standard InChI is InChI=1S/C10H12IN3O/c11-14-7-5-13(6-8-14)10(15)9-1-3-12-4-2-9/h1-4H,5-8H2. The summed E-state index contributed by atoms with van der Waals surface area (Å²) in [4.78, 5) is 17.8. The Morgan fingerprint density at radius 1 is 1.20 bits per heavy atom. The fraction of sp³-hybridized carbons (Fsp3) is 0.400. The summed E-state index contributed by atoms with van der Waals surface area (Å²) in [7, 11) is 0. The largest absolute Gasteiger partial charge is 0.336 e. The summed E-state index contributed by atoms with van der Waals surface area (Å²) in [5.41, 5.74) is 0.729. The highest BCUT2D eigenvalue weighted by molar-refractivity contribution is 14.1. The zero-order valence-corrected chi connectivity index (χ0v) is 10.4. The average Bonchev–Trinajstić information content (AvgIpc) is 2.30. The van der Waals surface area contributed by atoms with Crippen molar-refractivity contribution in [2.75, 3.05) is 26.2 Å². The van der Waals surface area contributed by atoms with Crippen LogP contribution in [0.1, 0.15) is 10.4 Å². The molecule has 2 heterocycles. The second kappa shape index (κ2) is 4.89. The summed E-state index contributed by atoms with van der Waals surface area (Å²) in [6.45, 7) is 3.50. The van der Waals surface area contributed by atoms with Crippen LogP contribution in [0.3, 0.4) is 0 Å². The molecule has 0 N–H and O–H groups in total. The highest BCUT2D eigenvalue weighted by Gasteiger charge is 2.20. The minimum Gasteiger partial charge on any atom is -0.336 e. The third kappa shape index (κ3) is 2.66. The molecule has 0 unspecified atom stereocenters. The molecule has 0 bridgehead atoms. The second-order valence-electron chi connectivity index (χ2n) is 3.44. The average molecular weight is 317 g/mol. The number of halogens is 1. The molecule has 0 radical (unpaired) electrons. The number of hydrogen-bond acceptors (Lipinski definition) is 3. The van der Waals surface area contributed by atoms with Gasteiger partial charge < -0.3 is 4.90 Å². The summed E-state index contributed by atoms with van der Waals surface area (Å²) in [5.74, 6) is 0.113. The van der Waals surface area contributed by atoms with E-state index < -0.39 is 0 Å². The maximum absolute atomic E-state index is 12.0. The lowest BCUT2D eigenvalue weighted by Crippen LogP contribution is -2.45. The zero-order chi connectivity index (χ0) is 10.7. The lowest BCUT2D eigenvalue weighted by molar-refractivity contribution is 0.0711. The molecule has 1 aromatic rings. The van der Waals surface area contributed by atoms with E-state index in [0.717, 1.165) is 31.7 Å². The van der Waals surface area contributed by atoms with Crippen LogP contribution in [-0.2, 0) is 0 Å². The van der Waals surface area contributed by atoms with Gasteiger partial charge in [0.15, 0.2) is 0 Å². The molecule has 1 amide bonds. The van der Waals surface area contributed by atoms with E-state index in [4.69, 9.17) is 0 Å². The first kappa shape index (κ1) is 10.8. The van der Waals surface area contributed by atoms with Gasteiger partial charge in [-0.25, -0.2) is 3.11 Å². The lowest BCUT2D eigenvalue weighted by Gasteiger charge is -2.31. The number of pyridine rings is 1. The first-order valence-corrected chi connectivity index (χ1v) is 5.84. The van der Waals surface area contributed by atoms with Gasteiger partial charge in [-0.05, 0) is 12.1 Å². The van der Waals surface area contributed by atoms with Crippen LogP contribution in [0.4, 0.5) is 0 Å². The van der Waals surface area contributed by atoms with Gasteiger partial charge in [-0.1, -0.05) is 0 Å². The van der Waals surface area contributed by atoms with E-state index in [1.807, 2.05) is 4.90 Å². The van der Waals surface area contributed by atoms with Crippen LogP contribution < -0.4 is 0 Å². The first-order valence-electron chi connectivity index (χ1n) is 4.87. The van der Waals surface area contributed by atoms with Crippen molar-refractivity contribution in [2.24, 2.45) is 0 Å². The number of carbonyl (C=O) groups is 1. The third-order valence-electron chi connectivity index (χ3n) is 2.44. The van der Waals surface area contributed by atoms with Crippen LogP contribution in [-0.4, -0.2) is 45.1 Å². The van der Waals surface area contributed by atoms with E-state index in [-0.39, 0.29) is 5.91 Å². The van der Waals surface area contributed by atoms with Crippen molar-refractivity contribution in [3.63, 3.8) is 0 Å². The maximum Gasteiger partial charge on any atom is 0.254 e. The number of aromatic nitrogens is 1. The van der Waals surface area contributed by atoms with Crippen LogP contribution in [0.2, 0.25) is 0 Å². The summed E-state index contributed by atoms with van der Waals surface area (Å²) in [6.07, 6.45) is 3.31. The highest BCUT2D eigenvalue weighted by Crippen LogP contribution is 2.10. The Morgan fingerprint density at radius 2 is 1.80 bits per heavy atom. The van der Waals surface area contributed by atoms with Gasteiger partial charge in [-0.2, -0.15) is 0 Å². The van der Waals surface area contributed by atoms with Crippen molar-refractivity contribution in [3.8, 4) is 0 Å². The quantitative estimate of drug-likeness (QED) is 0.577. The molecule has 1 saturated heterocycles. The Morgan fingerprint density at radius 3 is 2.40 bits per heavy atom. The molecule has 1 aliphatic rings. The number of carbonyl (C=O) groups excluding carboxylic acids is 1. The first-order chi connectivity index (χ1) is 7.27. The Hall–Kier alpha value is -0.690. The number of piperazine rings is 1. The summed E-state index contributed by atoms with van der Waals surface area (Å²) in [5, 5.41) is 0. The lowest BCUT2D eigenvalue weighted by atomic mass is 10.2. The second-order valence-corrected chi connectivity index (χ2v) is 4.80. The summed E-state index contributed by atoms with van der Waals surface area (Å²) >= 11 is 2.29. The molecule has 1 aliphatic heterocycles. The van der Waals surface area contributed by atoms with Gasteiger partial charge in [0.25, 0.3) is 5.91 Å². The molecule has 1 fully saturated rings. The van der Waals surface area contributed by atoms with Crippen molar-refractivity contribution < 1.29 is 4.79 Å². The Labute approximate surface area is 103 Å². The number of hydrogen-bond donors (Lipinski definition) is 0. The van der Waals surface area contributed by atoms with Crippen molar-refractivity contribution in [2.45, 2.75) is 0 Å². The molecule has 0 aromatic carbocycles. The molecule has 5 heteroatoms. The Balaban J connectivity index is 2.03. The summed E-state index contributed by atoms with van der Waals surface area (Å²) < 4.78 is 2.20. The SMILES string of the molecule is O=C(c1ccncc1)N1CCN(I)CC1. The van der Waals surface area contributed by atoms with Gasteiger partial charge in [-0.3, -0.25) is 9.78 Å². The van der Waals surface area contributed by atoms with Gasteiger partial charge in [-0.15, -0.1) is 0 Å². The zero-order valence-electron chi connectivity index (χ0n) is 8.27. The van der Waals surface area contributed by atoms with E-state index in [0.29, 0.717) is 0 Å². The van der Waals surface area contributed by atoms with Gasteiger partial charge >= 0.3 is 0 Å². The smallest absolute Gasteiger partial charge is 0.254 e. The van der Waals surface area contributed by atoms with E-state index in [1.165, 1.54) is 0 Å². The van der Waals surface area contributed by atoms with Crippen LogP contribution in [0.25, 0.3) is 0 Å². The minimum atomic E-state index is 0.113. The van der Waals surface area contributed by atoms with Gasteiger partial charge in [0.2, 0.25) is 0 Å². The molecule has 0 spiro atoms. The normalized spacial score (nSPS) is 17.8. The molecular formula is C10H12IN3O. The number of amides is 1. The van der Waals surface area contributed by atoms with Crippen LogP contribution in [0, 0.1) is 0 Å². The third-order valence-corrected chi connectivity index (χ3v) is 3.40. The molecule has 0 aliphatic carbocycles. The fourth-order valence-corrected chi connectivity index (χ4v) is 1.99. The van der Waals surface area contributed by atoms with E-state index in [9.17, 15) is 4.79 Å². The molecule has 1 aromatic heterocycles. The van der Waals surface area contributed by atoms with Crippen molar-refractivity contribution >= 4 is 28.8 Å². The predicted octanol–water partition coefficient (Wildman–Crippen LogP) is 1.19. The van der Waals surface area contributed by atoms with Crippen LogP contribution in [0.5, 0.6) is 0 Å². The molecular weight excluding hydrogens is 305 g/mol. The van der Waals surface area contributed by atoms with E-state index in [1.54, 1.807) is 24.5 Å². The minimum absolute atomic E-state index is 0.113.